The van der Waals surface area contributed by atoms with Gasteiger partial charge in [-0.25, -0.2) is 9.37 Å². The first kappa shape index (κ1) is 11.6. The molecule has 0 radical (unpaired) electrons. The normalized spacial score (nSPS) is 19.6. The number of halogens is 2. The summed E-state index contributed by atoms with van der Waals surface area (Å²) < 4.78 is 15.1. The molecule has 88 valence electrons. The molecule has 2 rings (SSSR count). The largest absolute Gasteiger partial charge is 0.294 e. The Morgan fingerprint density at radius 2 is 2.38 bits per heavy atom. The number of aromatic nitrogens is 2. The number of aryl methyl sites for hydroxylation is 1. The van der Waals surface area contributed by atoms with Crippen molar-refractivity contribution in [1.82, 2.24) is 9.55 Å². The molecule has 5 heteroatoms. The van der Waals surface area contributed by atoms with E-state index in [2.05, 4.69) is 4.98 Å². The highest BCUT2D eigenvalue weighted by Gasteiger charge is 2.24. The van der Waals surface area contributed by atoms with Crippen molar-refractivity contribution in [3.05, 3.63) is 27.4 Å². The minimum atomic E-state index is -1.11. The Labute approximate surface area is 98.3 Å². The first-order chi connectivity index (χ1) is 7.65. The monoisotopic (exact) mass is 244 g/mol. The summed E-state index contributed by atoms with van der Waals surface area (Å²) in [5.41, 5.74) is 1.11. The average molecular weight is 245 g/mol. The van der Waals surface area contributed by atoms with Gasteiger partial charge in [-0.1, -0.05) is 0 Å². The van der Waals surface area contributed by atoms with Crippen molar-refractivity contribution >= 4 is 11.6 Å². The summed E-state index contributed by atoms with van der Waals surface area (Å²) in [6.07, 6.45) is 0.543. The van der Waals surface area contributed by atoms with Crippen LogP contribution in [0.3, 0.4) is 0 Å². The highest BCUT2D eigenvalue weighted by Crippen LogP contribution is 2.25. The van der Waals surface area contributed by atoms with Gasteiger partial charge in [0, 0.05) is 23.7 Å². The Bertz CT molecular complexity index is 458. The maximum atomic E-state index is 13.6. The minimum Gasteiger partial charge on any atom is -0.294 e. The zero-order valence-electron chi connectivity index (χ0n) is 9.17. The van der Waals surface area contributed by atoms with Crippen molar-refractivity contribution in [2.75, 3.05) is 5.88 Å². The second-order valence-corrected chi connectivity index (χ2v) is 4.42. The van der Waals surface area contributed by atoms with Crippen LogP contribution in [0.5, 0.6) is 0 Å². The third kappa shape index (κ3) is 1.86. The van der Waals surface area contributed by atoms with Crippen molar-refractivity contribution in [1.29, 1.82) is 0 Å². The fourth-order valence-electron chi connectivity index (χ4n) is 2.12. The fourth-order valence-corrected chi connectivity index (χ4v) is 2.31. The van der Waals surface area contributed by atoms with Crippen molar-refractivity contribution in [3.8, 4) is 0 Å². The number of fused-ring (bicyclic) bond motifs is 1. The summed E-state index contributed by atoms with van der Waals surface area (Å²) in [4.78, 5) is 16.3. The van der Waals surface area contributed by atoms with Crippen molar-refractivity contribution in [2.24, 2.45) is 0 Å². The van der Waals surface area contributed by atoms with E-state index in [1.807, 2.05) is 0 Å². The maximum absolute atomic E-state index is 13.6. The molecule has 0 spiro atoms. The summed E-state index contributed by atoms with van der Waals surface area (Å²) >= 11 is 5.64. The lowest BCUT2D eigenvalue weighted by molar-refractivity contribution is 0.252. The summed E-state index contributed by atoms with van der Waals surface area (Å²) in [6, 6.07) is 0. The first-order valence-electron chi connectivity index (χ1n) is 5.45. The third-order valence-electron chi connectivity index (χ3n) is 2.96. The van der Waals surface area contributed by atoms with Crippen molar-refractivity contribution < 1.29 is 4.39 Å². The number of hydrogen-bond acceptors (Lipinski definition) is 2. The van der Waals surface area contributed by atoms with E-state index >= 15 is 0 Å². The SMILES string of the molecule is Cc1nc2n(c(=O)c1CCCl)CCCC2F. The molecule has 0 aliphatic carbocycles. The molecule has 0 amide bonds. The van der Waals surface area contributed by atoms with Crippen LogP contribution in [0.4, 0.5) is 4.39 Å². The van der Waals surface area contributed by atoms with Gasteiger partial charge < -0.3 is 0 Å². The van der Waals surface area contributed by atoms with Crippen LogP contribution in [-0.4, -0.2) is 15.4 Å². The van der Waals surface area contributed by atoms with Crippen LogP contribution >= 0.6 is 11.6 Å². The van der Waals surface area contributed by atoms with E-state index in [1.54, 1.807) is 6.92 Å². The van der Waals surface area contributed by atoms with Gasteiger partial charge in [-0.05, 0) is 26.2 Å². The molecule has 1 aliphatic heterocycles. The zero-order chi connectivity index (χ0) is 11.7. The van der Waals surface area contributed by atoms with Crippen molar-refractivity contribution in [3.63, 3.8) is 0 Å². The van der Waals surface area contributed by atoms with Crippen LogP contribution in [-0.2, 0) is 13.0 Å². The molecule has 0 fully saturated rings. The van der Waals surface area contributed by atoms with Gasteiger partial charge in [0.25, 0.3) is 5.56 Å². The lowest BCUT2D eigenvalue weighted by Gasteiger charge is -2.22. The topological polar surface area (TPSA) is 34.9 Å². The number of hydrogen-bond donors (Lipinski definition) is 0. The van der Waals surface area contributed by atoms with Crippen LogP contribution in [0.2, 0.25) is 0 Å². The lowest BCUT2D eigenvalue weighted by Crippen LogP contribution is -2.33. The molecule has 0 saturated carbocycles. The Morgan fingerprint density at radius 1 is 1.62 bits per heavy atom. The Morgan fingerprint density at radius 3 is 3.06 bits per heavy atom. The second kappa shape index (κ2) is 4.53. The van der Waals surface area contributed by atoms with E-state index in [0.717, 1.165) is 0 Å². The van der Waals surface area contributed by atoms with Gasteiger partial charge in [-0.3, -0.25) is 9.36 Å². The average Bonchev–Trinajstić information content (AvgIpc) is 2.26. The fraction of sp³-hybridized carbons (Fsp3) is 0.636. The molecule has 0 bridgehead atoms. The van der Waals surface area contributed by atoms with Crippen LogP contribution in [0, 0.1) is 6.92 Å². The summed E-state index contributed by atoms with van der Waals surface area (Å²) in [5.74, 6) is 0.669. The number of nitrogens with zero attached hydrogens (tertiary/aromatic N) is 2. The first-order valence-corrected chi connectivity index (χ1v) is 5.99. The highest BCUT2D eigenvalue weighted by molar-refractivity contribution is 6.17. The molecule has 1 atom stereocenters. The standard InChI is InChI=1S/C11H14ClFN2O/c1-7-8(4-5-12)11(16)15-6-2-3-9(13)10(15)14-7/h9H,2-6H2,1H3. The van der Waals surface area contributed by atoms with Crippen LogP contribution < -0.4 is 5.56 Å². The molecule has 3 nitrogen and oxygen atoms in total. The van der Waals surface area contributed by atoms with Gasteiger partial charge >= 0.3 is 0 Å². The molecule has 1 unspecified atom stereocenters. The maximum Gasteiger partial charge on any atom is 0.257 e. The minimum absolute atomic E-state index is 0.120. The van der Waals surface area contributed by atoms with E-state index in [1.165, 1.54) is 4.57 Å². The van der Waals surface area contributed by atoms with Gasteiger partial charge in [0.2, 0.25) is 0 Å². The molecule has 16 heavy (non-hydrogen) atoms. The Hall–Kier alpha value is -0.900. The molecule has 1 aromatic rings. The van der Waals surface area contributed by atoms with Crippen LogP contribution in [0.15, 0.2) is 4.79 Å². The van der Waals surface area contributed by atoms with Crippen molar-refractivity contribution in [2.45, 2.75) is 38.9 Å². The molecular formula is C11H14ClFN2O. The highest BCUT2D eigenvalue weighted by atomic mass is 35.5. The van der Waals surface area contributed by atoms with Gasteiger partial charge in [0.15, 0.2) is 6.17 Å². The predicted molar refractivity (Wildman–Crippen MR) is 60.7 cm³/mol. The smallest absolute Gasteiger partial charge is 0.257 e. The zero-order valence-corrected chi connectivity index (χ0v) is 9.93. The van der Waals surface area contributed by atoms with E-state index in [-0.39, 0.29) is 11.4 Å². The molecule has 0 saturated heterocycles. The second-order valence-electron chi connectivity index (χ2n) is 4.04. The predicted octanol–water partition coefficient (Wildman–Crippen LogP) is 2.14. The molecule has 0 N–H and O–H groups in total. The van der Waals surface area contributed by atoms with Crippen LogP contribution in [0.25, 0.3) is 0 Å². The van der Waals surface area contributed by atoms with Gasteiger partial charge in [-0.15, -0.1) is 11.6 Å². The van der Waals surface area contributed by atoms with Gasteiger partial charge in [0.05, 0.1) is 0 Å². The third-order valence-corrected chi connectivity index (χ3v) is 3.15. The van der Waals surface area contributed by atoms with Crippen LogP contribution in [0.1, 0.15) is 36.1 Å². The Balaban J connectivity index is 2.58. The Kier molecular flexibility index (Phi) is 3.28. The van der Waals surface area contributed by atoms with E-state index < -0.39 is 6.17 Å². The number of rotatable bonds is 2. The van der Waals surface area contributed by atoms with E-state index in [9.17, 15) is 9.18 Å². The molecule has 1 aliphatic rings. The lowest BCUT2D eigenvalue weighted by atomic mass is 10.1. The van der Waals surface area contributed by atoms with Gasteiger partial charge in [-0.2, -0.15) is 0 Å². The summed E-state index contributed by atoms with van der Waals surface area (Å²) in [5, 5.41) is 0. The van der Waals surface area contributed by atoms with Gasteiger partial charge in [0.1, 0.15) is 5.82 Å². The van der Waals surface area contributed by atoms with E-state index in [4.69, 9.17) is 11.6 Å². The molecular weight excluding hydrogens is 231 g/mol. The summed E-state index contributed by atoms with van der Waals surface area (Å²) in [6.45, 7) is 2.31. The van der Waals surface area contributed by atoms with E-state index in [0.29, 0.717) is 42.9 Å². The molecule has 2 heterocycles. The quantitative estimate of drug-likeness (QED) is 0.747. The number of alkyl halides is 2. The molecule has 1 aromatic heterocycles. The summed E-state index contributed by atoms with van der Waals surface area (Å²) in [7, 11) is 0. The molecule has 0 aromatic carbocycles.